The zero-order valence-corrected chi connectivity index (χ0v) is 8.50. The first kappa shape index (κ1) is 10.2. The first-order valence-electron chi connectivity index (χ1n) is 3.69. The van der Waals surface area contributed by atoms with Crippen LogP contribution in [-0.4, -0.2) is 16.1 Å². The molecule has 0 fully saturated rings. The molecule has 0 rings (SSSR count). The summed E-state index contributed by atoms with van der Waals surface area (Å²) in [5, 5.41) is 0. The average molecular weight is 255 g/mol. The Morgan fingerprint density at radius 2 is 2.10 bits per heavy atom. The smallest absolute Gasteiger partial charge is 0.218 e. The largest absolute Gasteiger partial charge is 0.288 e. The molecule has 10 heavy (non-hydrogen) atoms. The van der Waals surface area contributed by atoms with Crippen molar-refractivity contribution in [2.45, 2.75) is 32.6 Å². The summed E-state index contributed by atoms with van der Waals surface area (Å²) in [6.07, 6.45) is 5.78. The van der Waals surface area contributed by atoms with Gasteiger partial charge >= 0.3 is 0 Å². The minimum Gasteiger partial charge on any atom is -0.288 e. The van der Waals surface area contributed by atoms with Gasteiger partial charge in [-0.15, -0.1) is 0 Å². The summed E-state index contributed by atoms with van der Waals surface area (Å²) >= 11 is 2.02. The molecule has 0 aliphatic rings. The molecule has 0 N–H and O–H groups in total. The van der Waals surface area contributed by atoms with Gasteiger partial charge in [-0.2, -0.15) is 0 Å². The van der Waals surface area contributed by atoms with Crippen LogP contribution in [-0.2, 0) is 4.79 Å². The fourth-order valence-electron chi connectivity index (χ4n) is 0.742. The second-order valence-electron chi connectivity index (χ2n) is 2.29. The van der Waals surface area contributed by atoms with Crippen LogP contribution in [0.5, 0.6) is 0 Å². The van der Waals surface area contributed by atoms with Crippen LogP contribution in [0.2, 0.25) is 0 Å². The molecule has 0 atom stereocenters. The van der Waals surface area contributed by atoms with Gasteiger partial charge in [0.15, 0.2) is 0 Å². The molecule has 0 aromatic heterocycles. The number of unbranched alkanes of at least 4 members (excludes halogenated alkanes) is 3. The lowest BCUT2D eigenvalue weighted by Gasteiger charge is -2.05. The van der Waals surface area contributed by atoms with Gasteiger partial charge in [0.2, 0.25) is 6.41 Å². The number of halogens is 1. The highest BCUT2D eigenvalue weighted by molar-refractivity contribution is 14.1. The molecule has 0 saturated carbocycles. The Bertz CT molecular complexity index is 87.7. The van der Waals surface area contributed by atoms with Crippen LogP contribution >= 0.6 is 22.9 Å². The van der Waals surface area contributed by atoms with Crippen LogP contribution in [0.15, 0.2) is 0 Å². The first-order chi connectivity index (χ1) is 4.81. The molecule has 0 aromatic carbocycles. The number of rotatable bonds is 6. The zero-order valence-electron chi connectivity index (χ0n) is 6.35. The third kappa shape index (κ3) is 6.32. The van der Waals surface area contributed by atoms with Crippen molar-refractivity contribution in [1.82, 2.24) is 3.11 Å². The minimum absolute atomic E-state index is 0.868. The normalized spacial score (nSPS) is 9.40. The SMILES string of the molecule is CCCCCCN(I)C=O. The molecule has 0 bridgehead atoms. The second-order valence-corrected chi connectivity index (χ2v) is 3.53. The summed E-state index contributed by atoms with van der Waals surface area (Å²) in [7, 11) is 0. The molecule has 3 heteroatoms. The van der Waals surface area contributed by atoms with E-state index in [2.05, 4.69) is 6.92 Å². The Balaban J connectivity index is 2.95. The number of nitrogens with zero attached hydrogens (tertiary/aromatic N) is 1. The summed E-state index contributed by atoms with van der Waals surface area (Å²) in [4.78, 5) is 10.1. The van der Waals surface area contributed by atoms with Crippen LogP contribution in [0.4, 0.5) is 0 Å². The summed E-state index contributed by atoms with van der Waals surface area (Å²) in [5.74, 6) is 0. The monoisotopic (exact) mass is 255 g/mol. The quantitative estimate of drug-likeness (QED) is 0.309. The predicted octanol–water partition coefficient (Wildman–Crippen LogP) is 2.38. The molecule has 1 amide bonds. The summed E-state index contributed by atoms with van der Waals surface area (Å²) < 4.78 is 1.66. The molecule has 0 radical (unpaired) electrons. The number of hydrogen-bond donors (Lipinski definition) is 0. The van der Waals surface area contributed by atoms with E-state index >= 15 is 0 Å². The van der Waals surface area contributed by atoms with E-state index in [9.17, 15) is 4.79 Å². The van der Waals surface area contributed by atoms with E-state index in [0.29, 0.717) is 0 Å². The molecule has 60 valence electrons. The van der Waals surface area contributed by atoms with Crippen LogP contribution in [0.3, 0.4) is 0 Å². The van der Waals surface area contributed by atoms with E-state index in [4.69, 9.17) is 0 Å². The fraction of sp³-hybridized carbons (Fsp3) is 0.857. The third-order valence-electron chi connectivity index (χ3n) is 1.34. The van der Waals surface area contributed by atoms with Gasteiger partial charge in [0, 0.05) is 6.54 Å². The van der Waals surface area contributed by atoms with Crippen LogP contribution in [0.25, 0.3) is 0 Å². The summed E-state index contributed by atoms with van der Waals surface area (Å²) in [6, 6.07) is 0. The first-order valence-corrected chi connectivity index (χ1v) is 4.65. The van der Waals surface area contributed by atoms with Crippen LogP contribution < -0.4 is 0 Å². The second kappa shape index (κ2) is 7.31. The van der Waals surface area contributed by atoms with Gasteiger partial charge in [-0.25, -0.2) is 0 Å². The van der Waals surface area contributed by atoms with Crippen LogP contribution in [0.1, 0.15) is 32.6 Å². The van der Waals surface area contributed by atoms with Crippen molar-refractivity contribution in [3.63, 3.8) is 0 Å². The lowest BCUT2D eigenvalue weighted by atomic mass is 10.2. The Labute approximate surface area is 76.5 Å². The Hall–Kier alpha value is 0.200. The van der Waals surface area contributed by atoms with Gasteiger partial charge < -0.3 is 0 Å². The van der Waals surface area contributed by atoms with E-state index in [0.717, 1.165) is 19.4 Å². The number of carbonyl (C=O) groups is 1. The number of carbonyl (C=O) groups excluding carboxylic acids is 1. The van der Waals surface area contributed by atoms with Gasteiger partial charge in [0.25, 0.3) is 0 Å². The highest BCUT2D eigenvalue weighted by Gasteiger charge is 1.93. The van der Waals surface area contributed by atoms with Crippen molar-refractivity contribution >= 4 is 29.3 Å². The van der Waals surface area contributed by atoms with E-state index < -0.39 is 0 Å². The molecule has 0 spiro atoms. The van der Waals surface area contributed by atoms with Crippen molar-refractivity contribution in [1.29, 1.82) is 0 Å². The lowest BCUT2D eigenvalue weighted by molar-refractivity contribution is -0.113. The average Bonchev–Trinajstić information content (AvgIpc) is 1.98. The molecule has 0 unspecified atom stereocenters. The van der Waals surface area contributed by atoms with Crippen molar-refractivity contribution in [2.24, 2.45) is 0 Å². The van der Waals surface area contributed by atoms with Crippen molar-refractivity contribution in [2.75, 3.05) is 6.54 Å². The third-order valence-corrected chi connectivity index (χ3v) is 2.05. The van der Waals surface area contributed by atoms with Crippen molar-refractivity contribution < 1.29 is 4.79 Å². The summed E-state index contributed by atoms with van der Waals surface area (Å²) in [6.45, 7) is 3.08. The van der Waals surface area contributed by atoms with Gasteiger partial charge in [-0.1, -0.05) is 26.2 Å². The molecule has 0 saturated heterocycles. The maximum atomic E-state index is 10.1. The van der Waals surface area contributed by atoms with Gasteiger partial charge in [-0.05, 0) is 6.42 Å². The van der Waals surface area contributed by atoms with Gasteiger partial charge in [0.05, 0.1) is 22.9 Å². The molecular weight excluding hydrogens is 241 g/mol. The van der Waals surface area contributed by atoms with E-state index in [1.54, 1.807) is 3.11 Å². The fourth-order valence-corrected chi connectivity index (χ4v) is 1.08. The highest BCUT2D eigenvalue weighted by Crippen LogP contribution is 2.02. The van der Waals surface area contributed by atoms with E-state index in [-0.39, 0.29) is 0 Å². The maximum Gasteiger partial charge on any atom is 0.218 e. The van der Waals surface area contributed by atoms with Crippen molar-refractivity contribution in [3.8, 4) is 0 Å². The molecule has 0 heterocycles. The molecular formula is C7H14INO. The summed E-state index contributed by atoms with van der Waals surface area (Å²) in [5.41, 5.74) is 0. The van der Waals surface area contributed by atoms with Gasteiger partial charge in [-0.3, -0.25) is 7.91 Å². The maximum absolute atomic E-state index is 10.1. The molecule has 0 aliphatic carbocycles. The Morgan fingerprint density at radius 1 is 1.40 bits per heavy atom. The van der Waals surface area contributed by atoms with E-state index in [1.165, 1.54) is 19.3 Å². The predicted molar refractivity (Wildman–Crippen MR) is 50.9 cm³/mol. The minimum atomic E-state index is 0.868. The number of hydrogen-bond acceptors (Lipinski definition) is 1. The topological polar surface area (TPSA) is 20.3 Å². The zero-order chi connectivity index (χ0) is 7.82. The van der Waals surface area contributed by atoms with Crippen molar-refractivity contribution in [3.05, 3.63) is 0 Å². The molecule has 2 nitrogen and oxygen atoms in total. The molecule has 0 aliphatic heterocycles. The van der Waals surface area contributed by atoms with Crippen LogP contribution in [0, 0.1) is 0 Å². The molecule has 0 aromatic rings. The Morgan fingerprint density at radius 3 is 2.60 bits per heavy atom. The number of amides is 1. The highest BCUT2D eigenvalue weighted by atomic mass is 127. The Kier molecular flexibility index (Phi) is 7.45. The van der Waals surface area contributed by atoms with E-state index in [1.807, 2.05) is 22.9 Å². The van der Waals surface area contributed by atoms with Gasteiger partial charge in [0.1, 0.15) is 0 Å². The standard InChI is InChI=1S/C7H14INO/c1-2-3-4-5-6-9(8)7-10/h7H,2-6H2,1H3. The lowest BCUT2D eigenvalue weighted by Crippen LogP contribution is -2.09.